The molecule has 2 aromatic heterocycles. The van der Waals surface area contributed by atoms with Crippen LogP contribution in [0, 0.1) is 5.92 Å². The van der Waals surface area contributed by atoms with E-state index in [1.807, 2.05) is 18.2 Å². The molecule has 0 unspecified atom stereocenters. The molecule has 0 amide bonds. The molecule has 9 nitrogen and oxygen atoms in total. The average molecular weight is 474 g/mol. The molecule has 9 heteroatoms. The molecule has 2 aliphatic heterocycles. The Labute approximate surface area is 201 Å². The van der Waals surface area contributed by atoms with Gasteiger partial charge in [0.2, 0.25) is 0 Å². The van der Waals surface area contributed by atoms with Gasteiger partial charge >= 0.3 is 5.69 Å². The van der Waals surface area contributed by atoms with E-state index >= 15 is 0 Å². The van der Waals surface area contributed by atoms with Gasteiger partial charge in [-0.2, -0.15) is 0 Å². The Kier molecular flexibility index (Phi) is 5.49. The second-order valence-corrected chi connectivity index (χ2v) is 9.35. The van der Waals surface area contributed by atoms with E-state index < -0.39 is 5.69 Å². The van der Waals surface area contributed by atoms with Crippen molar-refractivity contribution in [3.8, 4) is 11.5 Å². The maximum Gasteiger partial charge on any atom is 0.328 e. The highest BCUT2D eigenvalue weighted by Crippen LogP contribution is 2.46. The van der Waals surface area contributed by atoms with Gasteiger partial charge in [-0.05, 0) is 43.7 Å². The number of unbranched alkanes of at least 4 members (excludes halogenated alkanes) is 1. The van der Waals surface area contributed by atoms with Crippen LogP contribution in [0.4, 0.5) is 0 Å². The fraction of sp³-hybridized carbons (Fsp3) is 0.385. The van der Waals surface area contributed by atoms with E-state index in [9.17, 15) is 9.59 Å². The second-order valence-electron chi connectivity index (χ2n) is 9.35. The van der Waals surface area contributed by atoms with Gasteiger partial charge in [-0.1, -0.05) is 6.07 Å². The molecule has 6 rings (SSSR count). The molecule has 4 heterocycles. The van der Waals surface area contributed by atoms with Gasteiger partial charge < -0.3 is 19.4 Å². The predicted molar refractivity (Wildman–Crippen MR) is 132 cm³/mol. The van der Waals surface area contributed by atoms with Crippen LogP contribution in [0.2, 0.25) is 0 Å². The van der Waals surface area contributed by atoms with Gasteiger partial charge in [0.25, 0.3) is 5.56 Å². The zero-order chi connectivity index (χ0) is 23.9. The minimum absolute atomic E-state index is 0.288. The van der Waals surface area contributed by atoms with Crippen molar-refractivity contribution in [3.63, 3.8) is 0 Å². The summed E-state index contributed by atoms with van der Waals surface area (Å²) in [5.41, 5.74) is 2.27. The van der Waals surface area contributed by atoms with Gasteiger partial charge in [0.15, 0.2) is 0 Å². The third kappa shape index (κ3) is 3.85. The maximum absolute atomic E-state index is 13.0. The molecule has 2 aliphatic rings. The Hall–Kier alpha value is -3.72. The molecule has 35 heavy (non-hydrogen) atoms. The van der Waals surface area contributed by atoms with Crippen molar-refractivity contribution < 1.29 is 9.47 Å². The lowest BCUT2D eigenvalue weighted by Gasteiger charge is -2.29. The summed E-state index contributed by atoms with van der Waals surface area (Å²) >= 11 is 0. The number of hydrogen-bond donors (Lipinski definition) is 1. The predicted octanol–water partition coefficient (Wildman–Crippen LogP) is 2.53. The number of nitrogens with one attached hydrogen (secondary N) is 1. The van der Waals surface area contributed by atoms with Crippen molar-refractivity contribution >= 4 is 21.9 Å². The Balaban J connectivity index is 1.13. The van der Waals surface area contributed by atoms with Gasteiger partial charge in [-0.25, -0.2) is 4.79 Å². The first-order valence-corrected chi connectivity index (χ1v) is 12.0. The molecule has 2 aromatic carbocycles. The lowest BCUT2D eigenvalue weighted by Crippen LogP contribution is -2.35. The minimum Gasteiger partial charge on any atom is -0.496 e. The van der Waals surface area contributed by atoms with Crippen LogP contribution in [0.1, 0.15) is 24.3 Å². The third-order valence-electron chi connectivity index (χ3n) is 7.26. The van der Waals surface area contributed by atoms with Crippen LogP contribution in [0.5, 0.6) is 11.5 Å². The summed E-state index contributed by atoms with van der Waals surface area (Å²) in [6.45, 7) is 3.96. The van der Waals surface area contributed by atoms with Gasteiger partial charge in [0.1, 0.15) is 11.5 Å². The van der Waals surface area contributed by atoms with Crippen molar-refractivity contribution in [1.29, 1.82) is 0 Å². The quantitative estimate of drug-likeness (QED) is 0.339. The average Bonchev–Trinajstić information content (AvgIpc) is 3.30. The fourth-order valence-electron chi connectivity index (χ4n) is 5.55. The number of nitrogens with zero attached hydrogens (tertiary/aromatic N) is 4. The third-order valence-corrected chi connectivity index (χ3v) is 7.26. The zero-order valence-corrected chi connectivity index (χ0v) is 19.6. The fourth-order valence-corrected chi connectivity index (χ4v) is 5.55. The highest BCUT2D eigenvalue weighted by Gasteiger charge is 2.40. The number of aromatic amines is 1. The number of rotatable bonds is 6. The number of benzene rings is 2. The molecule has 1 fully saturated rings. The highest BCUT2D eigenvalue weighted by molar-refractivity contribution is 5.91. The summed E-state index contributed by atoms with van der Waals surface area (Å²) in [7, 11) is 1.71. The summed E-state index contributed by atoms with van der Waals surface area (Å²) in [5.74, 6) is 2.68. The van der Waals surface area contributed by atoms with Crippen LogP contribution in [0.3, 0.4) is 0 Å². The molecule has 0 spiro atoms. The number of fused-ring (bicyclic) bond motifs is 5. The topological polar surface area (TPSA) is 102 Å². The first kappa shape index (κ1) is 21.8. The second kappa shape index (κ2) is 8.81. The summed E-state index contributed by atoms with van der Waals surface area (Å²) in [6, 6.07) is 9.39. The summed E-state index contributed by atoms with van der Waals surface area (Å²) in [4.78, 5) is 39.5. The normalized spacial score (nSPS) is 19.5. The standard InChI is InChI=1S/C26H27N5O4/c1-34-22-5-4-6-23-24(22)18-14-30(13-16(18)15-35-23)9-2-3-10-31-25(32)17-11-20-21(28-8-7-27-20)12-19(17)29-26(31)33/h4-8,11-12,16,18H,2-3,9-10,13-15H2,1H3,(H,29,33)/t16-,18-/m1/s1. The van der Waals surface area contributed by atoms with Gasteiger partial charge in [-0.15, -0.1) is 0 Å². The summed E-state index contributed by atoms with van der Waals surface area (Å²) in [6.07, 6.45) is 4.81. The van der Waals surface area contributed by atoms with E-state index in [4.69, 9.17) is 9.47 Å². The molecule has 4 aromatic rings. The SMILES string of the molecule is COc1cccc2c1[C@@H]1CN(CCCCn3c(=O)[nH]c4cc5nccnc5cc4c3=O)C[C@@H]1CO2. The largest absolute Gasteiger partial charge is 0.496 e. The van der Waals surface area contributed by atoms with Crippen LogP contribution in [-0.4, -0.2) is 57.8 Å². The number of ether oxygens (including phenoxy) is 2. The molecule has 0 bridgehead atoms. The lowest BCUT2D eigenvalue weighted by atomic mass is 9.86. The Bertz CT molecular complexity index is 1510. The van der Waals surface area contributed by atoms with Crippen molar-refractivity contribution in [3.05, 3.63) is 69.1 Å². The monoisotopic (exact) mass is 473 g/mol. The molecule has 0 radical (unpaired) electrons. The Morgan fingerprint density at radius 1 is 1.09 bits per heavy atom. The van der Waals surface area contributed by atoms with Gasteiger partial charge in [-0.3, -0.25) is 19.3 Å². The van der Waals surface area contributed by atoms with E-state index in [0.29, 0.717) is 40.3 Å². The Morgan fingerprint density at radius 3 is 2.71 bits per heavy atom. The molecule has 180 valence electrons. The van der Waals surface area contributed by atoms with E-state index in [1.165, 1.54) is 10.1 Å². The summed E-state index contributed by atoms with van der Waals surface area (Å²) < 4.78 is 12.9. The van der Waals surface area contributed by atoms with Crippen molar-refractivity contribution in [2.75, 3.05) is 33.4 Å². The van der Waals surface area contributed by atoms with Crippen molar-refractivity contribution in [1.82, 2.24) is 24.4 Å². The first-order valence-electron chi connectivity index (χ1n) is 12.0. The summed E-state index contributed by atoms with van der Waals surface area (Å²) in [5, 5.41) is 0.453. The molecule has 2 atom stereocenters. The molecular weight excluding hydrogens is 446 g/mol. The smallest absolute Gasteiger partial charge is 0.328 e. The maximum atomic E-state index is 13.0. The van der Waals surface area contributed by atoms with Crippen LogP contribution in [0.15, 0.2) is 52.3 Å². The lowest BCUT2D eigenvalue weighted by molar-refractivity contribution is 0.209. The van der Waals surface area contributed by atoms with Gasteiger partial charge in [0, 0.05) is 49.4 Å². The minimum atomic E-state index is -0.390. The molecule has 0 saturated carbocycles. The number of likely N-dealkylation sites (tertiary alicyclic amines) is 1. The van der Waals surface area contributed by atoms with E-state index in [2.05, 4.69) is 19.9 Å². The number of methoxy groups -OCH3 is 1. The van der Waals surface area contributed by atoms with Crippen LogP contribution in [-0.2, 0) is 6.54 Å². The highest BCUT2D eigenvalue weighted by atomic mass is 16.5. The molecule has 0 aliphatic carbocycles. The number of hydrogen-bond acceptors (Lipinski definition) is 7. The first-order chi connectivity index (χ1) is 17.1. The van der Waals surface area contributed by atoms with E-state index in [1.54, 1.807) is 31.6 Å². The Morgan fingerprint density at radius 2 is 1.89 bits per heavy atom. The van der Waals surface area contributed by atoms with Gasteiger partial charge in [0.05, 0.1) is 35.7 Å². The number of aromatic nitrogens is 4. The van der Waals surface area contributed by atoms with Crippen molar-refractivity contribution in [2.45, 2.75) is 25.3 Å². The molecule has 1 saturated heterocycles. The van der Waals surface area contributed by atoms with Crippen LogP contribution in [0.25, 0.3) is 21.9 Å². The van der Waals surface area contributed by atoms with Crippen LogP contribution >= 0.6 is 0 Å². The zero-order valence-electron chi connectivity index (χ0n) is 19.6. The van der Waals surface area contributed by atoms with Crippen LogP contribution < -0.4 is 20.7 Å². The molecule has 1 N–H and O–H groups in total. The molecular formula is C26H27N5O4. The van der Waals surface area contributed by atoms with E-state index in [0.717, 1.165) is 50.6 Å². The number of H-pyrrole nitrogens is 1. The van der Waals surface area contributed by atoms with Crippen molar-refractivity contribution in [2.24, 2.45) is 5.92 Å². The van der Waals surface area contributed by atoms with E-state index in [-0.39, 0.29) is 5.56 Å².